The quantitative estimate of drug-likeness (QED) is 0.868. The fourth-order valence-electron chi connectivity index (χ4n) is 1.74. The Hall–Kier alpha value is -1.66. The molecule has 0 aliphatic carbocycles. The number of hydrogen-bond acceptors (Lipinski definition) is 4. The number of rotatable bonds is 5. The smallest absolute Gasteiger partial charge is 0.339 e. The van der Waals surface area contributed by atoms with Crippen LogP contribution in [0.5, 0.6) is 0 Å². The number of carboxylic acids is 1. The normalized spacial score (nSPS) is 12.6. The topological polar surface area (TPSA) is 67.2 Å². The van der Waals surface area contributed by atoms with Gasteiger partial charge in [0.2, 0.25) is 0 Å². The standard InChI is InChI=1S/C12H15N3O2S/c1-8(9-3-4-18-7-9)13-6-11-10(12(16)17)5-14-15(11)2/h3-5,7-8,13H,6H2,1-2H3,(H,16,17). The van der Waals surface area contributed by atoms with Gasteiger partial charge in [-0.15, -0.1) is 0 Å². The average molecular weight is 265 g/mol. The highest BCUT2D eigenvalue weighted by molar-refractivity contribution is 7.07. The lowest BCUT2D eigenvalue weighted by Gasteiger charge is -2.13. The molecule has 0 radical (unpaired) electrons. The van der Waals surface area contributed by atoms with Gasteiger partial charge in [0, 0.05) is 19.6 Å². The molecule has 0 aliphatic heterocycles. The molecule has 0 saturated heterocycles. The first-order valence-corrected chi connectivity index (χ1v) is 6.53. The van der Waals surface area contributed by atoms with Crippen LogP contribution in [0.15, 0.2) is 23.0 Å². The fourth-order valence-corrected chi connectivity index (χ4v) is 2.49. The molecule has 96 valence electrons. The fraction of sp³-hybridized carbons (Fsp3) is 0.333. The van der Waals surface area contributed by atoms with Crippen LogP contribution in [0.4, 0.5) is 0 Å². The summed E-state index contributed by atoms with van der Waals surface area (Å²) in [4.78, 5) is 11.0. The van der Waals surface area contributed by atoms with Crippen LogP contribution < -0.4 is 5.32 Å². The van der Waals surface area contributed by atoms with Crippen molar-refractivity contribution in [3.63, 3.8) is 0 Å². The first-order valence-electron chi connectivity index (χ1n) is 5.59. The van der Waals surface area contributed by atoms with E-state index in [0.717, 1.165) is 0 Å². The van der Waals surface area contributed by atoms with Crippen molar-refractivity contribution < 1.29 is 9.90 Å². The Morgan fingerprint density at radius 2 is 2.44 bits per heavy atom. The van der Waals surface area contributed by atoms with Gasteiger partial charge in [0.25, 0.3) is 0 Å². The third-order valence-electron chi connectivity index (χ3n) is 2.91. The third-order valence-corrected chi connectivity index (χ3v) is 3.61. The summed E-state index contributed by atoms with van der Waals surface area (Å²) in [6.07, 6.45) is 1.38. The number of carbonyl (C=O) groups is 1. The van der Waals surface area contributed by atoms with Gasteiger partial charge in [0.15, 0.2) is 0 Å². The molecule has 18 heavy (non-hydrogen) atoms. The first-order chi connectivity index (χ1) is 8.59. The average Bonchev–Trinajstić information content (AvgIpc) is 2.95. The van der Waals surface area contributed by atoms with Gasteiger partial charge >= 0.3 is 5.97 Å². The molecule has 6 heteroatoms. The molecular formula is C12H15N3O2S. The van der Waals surface area contributed by atoms with Gasteiger partial charge < -0.3 is 10.4 Å². The SMILES string of the molecule is CC(NCc1c(C(=O)O)cnn1C)c1ccsc1. The van der Waals surface area contributed by atoms with E-state index in [2.05, 4.69) is 28.8 Å². The van der Waals surface area contributed by atoms with Gasteiger partial charge in [-0.05, 0) is 29.3 Å². The summed E-state index contributed by atoms with van der Waals surface area (Å²) in [5.74, 6) is -0.942. The van der Waals surface area contributed by atoms with Crippen LogP contribution in [-0.2, 0) is 13.6 Å². The van der Waals surface area contributed by atoms with Gasteiger partial charge in [-0.1, -0.05) is 0 Å². The van der Waals surface area contributed by atoms with Crippen molar-refractivity contribution in [1.29, 1.82) is 0 Å². The van der Waals surface area contributed by atoms with Gasteiger partial charge in [0.1, 0.15) is 5.56 Å². The van der Waals surface area contributed by atoms with Crippen LogP contribution in [0.25, 0.3) is 0 Å². The maximum absolute atomic E-state index is 11.0. The third kappa shape index (κ3) is 2.60. The second-order valence-corrected chi connectivity index (χ2v) is 4.87. The van der Waals surface area contributed by atoms with E-state index in [-0.39, 0.29) is 11.6 Å². The van der Waals surface area contributed by atoms with Crippen molar-refractivity contribution in [3.8, 4) is 0 Å². The van der Waals surface area contributed by atoms with Gasteiger partial charge in [-0.25, -0.2) is 4.79 Å². The van der Waals surface area contributed by atoms with E-state index in [9.17, 15) is 4.79 Å². The summed E-state index contributed by atoms with van der Waals surface area (Å²) in [7, 11) is 1.75. The Morgan fingerprint density at radius 1 is 1.67 bits per heavy atom. The van der Waals surface area contributed by atoms with E-state index in [4.69, 9.17) is 5.11 Å². The zero-order chi connectivity index (χ0) is 13.1. The minimum atomic E-state index is -0.942. The van der Waals surface area contributed by atoms with Crippen LogP contribution in [0.2, 0.25) is 0 Å². The van der Waals surface area contributed by atoms with Crippen molar-refractivity contribution >= 4 is 17.3 Å². The molecule has 0 bridgehead atoms. The van der Waals surface area contributed by atoms with Crippen LogP contribution in [0, 0.1) is 0 Å². The van der Waals surface area contributed by atoms with E-state index in [0.29, 0.717) is 12.2 Å². The number of aromatic carboxylic acids is 1. The number of thiophene rings is 1. The van der Waals surface area contributed by atoms with E-state index >= 15 is 0 Å². The molecule has 0 aromatic carbocycles. The summed E-state index contributed by atoms with van der Waals surface area (Å²) in [5, 5.41) is 20.4. The van der Waals surface area contributed by atoms with Crippen LogP contribution >= 0.6 is 11.3 Å². The van der Waals surface area contributed by atoms with Crippen molar-refractivity contribution in [3.05, 3.63) is 39.8 Å². The zero-order valence-electron chi connectivity index (χ0n) is 10.3. The summed E-state index contributed by atoms with van der Waals surface area (Å²) in [6.45, 7) is 2.54. The Balaban J connectivity index is 2.06. The van der Waals surface area contributed by atoms with Crippen LogP contribution in [0.3, 0.4) is 0 Å². The summed E-state index contributed by atoms with van der Waals surface area (Å²) >= 11 is 1.65. The Kier molecular flexibility index (Phi) is 3.78. The Labute approximate surface area is 109 Å². The monoisotopic (exact) mass is 265 g/mol. The first kappa shape index (κ1) is 12.8. The minimum Gasteiger partial charge on any atom is -0.478 e. The zero-order valence-corrected chi connectivity index (χ0v) is 11.1. The van der Waals surface area contributed by atoms with E-state index in [1.165, 1.54) is 11.8 Å². The molecule has 0 fully saturated rings. The van der Waals surface area contributed by atoms with Crippen molar-refractivity contribution in [1.82, 2.24) is 15.1 Å². The number of aryl methyl sites for hydroxylation is 1. The van der Waals surface area contributed by atoms with E-state index < -0.39 is 5.97 Å². The number of aromatic nitrogens is 2. The molecule has 2 rings (SSSR count). The maximum Gasteiger partial charge on any atom is 0.339 e. The lowest BCUT2D eigenvalue weighted by atomic mass is 10.1. The largest absolute Gasteiger partial charge is 0.478 e. The molecule has 1 atom stereocenters. The summed E-state index contributed by atoms with van der Waals surface area (Å²) < 4.78 is 1.59. The molecule has 2 aromatic rings. The number of nitrogens with one attached hydrogen (secondary N) is 1. The molecular weight excluding hydrogens is 250 g/mol. The lowest BCUT2D eigenvalue weighted by molar-refractivity contribution is 0.0695. The second kappa shape index (κ2) is 5.32. The lowest BCUT2D eigenvalue weighted by Crippen LogP contribution is -2.21. The number of carboxylic acid groups (broad SMARTS) is 1. The van der Waals surface area contributed by atoms with Crippen molar-refractivity contribution in [2.24, 2.45) is 7.05 Å². The molecule has 1 unspecified atom stereocenters. The molecule has 2 aromatic heterocycles. The predicted molar refractivity (Wildman–Crippen MR) is 69.7 cm³/mol. The highest BCUT2D eigenvalue weighted by Gasteiger charge is 2.15. The Morgan fingerprint density at radius 3 is 3.06 bits per heavy atom. The van der Waals surface area contributed by atoms with Crippen LogP contribution in [-0.4, -0.2) is 20.9 Å². The summed E-state index contributed by atoms with van der Waals surface area (Å²) in [6, 6.07) is 2.25. The minimum absolute atomic E-state index is 0.188. The Bertz CT molecular complexity index is 534. The van der Waals surface area contributed by atoms with E-state index in [1.807, 2.05) is 5.38 Å². The maximum atomic E-state index is 11.0. The number of nitrogens with zero attached hydrogens (tertiary/aromatic N) is 2. The summed E-state index contributed by atoms with van der Waals surface area (Å²) in [5.41, 5.74) is 2.14. The molecule has 5 nitrogen and oxygen atoms in total. The highest BCUT2D eigenvalue weighted by Crippen LogP contribution is 2.16. The predicted octanol–water partition coefficient (Wildman–Crippen LogP) is 2.03. The molecule has 0 spiro atoms. The van der Waals surface area contributed by atoms with Gasteiger partial charge in [-0.3, -0.25) is 4.68 Å². The van der Waals surface area contributed by atoms with Crippen molar-refractivity contribution in [2.75, 3.05) is 0 Å². The van der Waals surface area contributed by atoms with E-state index in [1.54, 1.807) is 23.1 Å². The molecule has 0 amide bonds. The van der Waals surface area contributed by atoms with Crippen LogP contribution in [0.1, 0.15) is 34.6 Å². The molecule has 0 saturated carbocycles. The van der Waals surface area contributed by atoms with Gasteiger partial charge in [-0.2, -0.15) is 16.4 Å². The molecule has 2 heterocycles. The second-order valence-electron chi connectivity index (χ2n) is 4.09. The molecule has 2 N–H and O–H groups in total. The highest BCUT2D eigenvalue weighted by atomic mass is 32.1. The number of hydrogen-bond donors (Lipinski definition) is 2. The van der Waals surface area contributed by atoms with Gasteiger partial charge in [0.05, 0.1) is 11.9 Å². The van der Waals surface area contributed by atoms with Crippen molar-refractivity contribution in [2.45, 2.75) is 19.5 Å². The molecule has 0 aliphatic rings.